The zero-order valence-corrected chi connectivity index (χ0v) is 18.8. The van der Waals surface area contributed by atoms with Crippen LogP contribution in [0.4, 0.5) is 11.4 Å². The van der Waals surface area contributed by atoms with Gasteiger partial charge >= 0.3 is 0 Å². The van der Waals surface area contributed by atoms with Gasteiger partial charge in [-0.2, -0.15) is 0 Å². The van der Waals surface area contributed by atoms with E-state index in [-0.39, 0.29) is 12.5 Å². The average molecular weight is 435 g/mol. The number of anilines is 2. The smallest absolute Gasteiger partial charge is 0.258 e. The minimum absolute atomic E-state index is 0.0365. The van der Waals surface area contributed by atoms with E-state index in [0.717, 1.165) is 28.8 Å². The summed E-state index contributed by atoms with van der Waals surface area (Å²) < 4.78 is 26.3. The van der Waals surface area contributed by atoms with Crippen molar-refractivity contribution in [3.8, 4) is 0 Å². The van der Waals surface area contributed by atoms with Gasteiger partial charge in [-0.3, -0.25) is 9.10 Å². The lowest BCUT2D eigenvalue weighted by atomic mass is 10.1. The maximum absolute atomic E-state index is 13.0. The number of para-hydroxylation sites is 1. The Morgan fingerprint density at radius 3 is 2.35 bits per heavy atom. The second-order valence-corrected chi connectivity index (χ2v) is 9.98. The highest BCUT2D eigenvalue weighted by atomic mass is 32.2. The van der Waals surface area contributed by atoms with Crippen LogP contribution in [0.3, 0.4) is 0 Å². The lowest BCUT2D eigenvalue weighted by Gasteiger charge is -2.23. The Hall–Kier alpha value is -3.12. The number of sulfonamides is 1. The molecule has 0 spiro atoms. The van der Waals surface area contributed by atoms with Crippen molar-refractivity contribution >= 4 is 27.3 Å². The van der Waals surface area contributed by atoms with E-state index in [0.29, 0.717) is 17.8 Å². The molecule has 1 aliphatic rings. The predicted molar refractivity (Wildman–Crippen MR) is 125 cm³/mol. The van der Waals surface area contributed by atoms with Crippen LogP contribution in [0.5, 0.6) is 0 Å². The molecule has 0 bridgehead atoms. The van der Waals surface area contributed by atoms with E-state index in [1.54, 1.807) is 12.1 Å². The Bertz CT molecular complexity index is 1230. The van der Waals surface area contributed by atoms with Gasteiger partial charge in [-0.1, -0.05) is 36.4 Å². The van der Waals surface area contributed by atoms with E-state index < -0.39 is 10.0 Å². The van der Waals surface area contributed by atoms with Gasteiger partial charge in [-0.05, 0) is 72.9 Å². The minimum atomic E-state index is -3.46. The molecule has 0 aromatic heterocycles. The number of carbonyl (C=O) groups excluding carboxylic acids is 1. The Morgan fingerprint density at radius 1 is 0.968 bits per heavy atom. The predicted octanol–water partition coefficient (Wildman–Crippen LogP) is 4.47. The summed E-state index contributed by atoms with van der Waals surface area (Å²) in [6, 6.07) is 20.8. The summed E-state index contributed by atoms with van der Waals surface area (Å²) in [6.45, 7) is 4.85. The van der Waals surface area contributed by atoms with Crippen LogP contribution in [0.2, 0.25) is 0 Å². The molecule has 0 N–H and O–H groups in total. The summed E-state index contributed by atoms with van der Waals surface area (Å²) in [5.74, 6) is -0.0365. The summed E-state index contributed by atoms with van der Waals surface area (Å²) in [5.41, 5.74) is 6.36. The van der Waals surface area contributed by atoms with Crippen molar-refractivity contribution in [1.29, 1.82) is 0 Å². The molecule has 1 heterocycles. The second kappa shape index (κ2) is 8.19. The van der Waals surface area contributed by atoms with E-state index in [2.05, 4.69) is 6.07 Å². The highest BCUT2D eigenvalue weighted by Crippen LogP contribution is 2.29. The van der Waals surface area contributed by atoms with Gasteiger partial charge in [0.05, 0.1) is 18.5 Å². The van der Waals surface area contributed by atoms with E-state index in [1.165, 1.54) is 16.1 Å². The van der Waals surface area contributed by atoms with Crippen LogP contribution in [0.1, 0.15) is 32.6 Å². The molecular weight excluding hydrogens is 408 g/mol. The third kappa shape index (κ3) is 4.35. The van der Waals surface area contributed by atoms with Crippen molar-refractivity contribution in [2.24, 2.45) is 0 Å². The molecule has 0 saturated heterocycles. The number of hydrogen-bond donors (Lipinski definition) is 0. The molecule has 0 atom stereocenters. The van der Waals surface area contributed by atoms with Gasteiger partial charge in [0.15, 0.2) is 0 Å². The Balaban J connectivity index is 1.56. The molecule has 0 radical (unpaired) electrons. The standard InChI is InChI=1S/C25H26N2O3S/c1-18-8-13-23(16-19(18)2)27(31(3,29)30)17-20-9-11-22(12-10-20)25(28)26-15-14-21-6-4-5-7-24(21)26/h4-13,16H,14-15,17H2,1-3H3. The fourth-order valence-corrected chi connectivity index (χ4v) is 4.78. The highest BCUT2D eigenvalue weighted by Gasteiger charge is 2.25. The van der Waals surface area contributed by atoms with Crippen LogP contribution in [0, 0.1) is 13.8 Å². The first-order chi connectivity index (χ1) is 14.7. The molecule has 3 aromatic carbocycles. The summed E-state index contributed by atoms with van der Waals surface area (Å²) >= 11 is 0. The van der Waals surface area contributed by atoms with E-state index in [4.69, 9.17) is 0 Å². The van der Waals surface area contributed by atoms with Crippen LogP contribution in [0.25, 0.3) is 0 Å². The first-order valence-electron chi connectivity index (χ1n) is 10.3. The maximum atomic E-state index is 13.0. The van der Waals surface area contributed by atoms with Gasteiger partial charge < -0.3 is 4.90 Å². The molecule has 3 aromatic rings. The normalized spacial score (nSPS) is 13.2. The number of amides is 1. The monoisotopic (exact) mass is 434 g/mol. The molecule has 1 amide bonds. The molecule has 0 fully saturated rings. The van der Waals surface area contributed by atoms with Crippen molar-refractivity contribution in [3.05, 3.63) is 94.5 Å². The Labute approximate surface area is 184 Å². The van der Waals surface area contributed by atoms with E-state index in [1.807, 2.05) is 67.3 Å². The molecule has 6 heteroatoms. The van der Waals surface area contributed by atoms with Gasteiger partial charge in [0.2, 0.25) is 10.0 Å². The van der Waals surface area contributed by atoms with Crippen LogP contribution >= 0.6 is 0 Å². The van der Waals surface area contributed by atoms with Crippen molar-refractivity contribution in [1.82, 2.24) is 0 Å². The van der Waals surface area contributed by atoms with Crippen molar-refractivity contribution in [2.45, 2.75) is 26.8 Å². The van der Waals surface area contributed by atoms with E-state index in [9.17, 15) is 13.2 Å². The molecule has 160 valence electrons. The fourth-order valence-electron chi connectivity index (χ4n) is 3.90. The summed E-state index contributed by atoms with van der Waals surface area (Å²) in [5, 5.41) is 0. The zero-order chi connectivity index (χ0) is 22.2. The summed E-state index contributed by atoms with van der Waals surface area (Å²) in [4.78, 5) is 14.8. The highest BCUT2D eigenvalue weighted by molar-refractivity contribution is 7.92. The number of nitrogens with zero attached hydrogens (tertiary/aromatic N) is 2. The van der Waals surface area contributed by atoms with Gasteiger partial charge in [0.25, 0.3) is 5.91 Å². The zero-order valence-electron chi connectivity index (χ0n) is 18.0. The quantitative estimate of drug-likeness (QED) is 0.595. The molecule has 0 saturated carbocycles. The maximum Gasteiger partial charge on any atom is 0.258 e. The summed E-state index contributed by atoms with van der Waals surface area (Å²) in [7, 11) is -3.46. The third-order valence-corrected chi connectivity index (χ3v) is 6.98. The first kappa shape index (κ1) is 21.1. The molecule has 0 aliphatic carbocycles. The number of hydrogen-bond acceptors (Lipinski definition) is 3. The second-order valence-electron chi connectivity index (χ2n) is 8.07. The third-order valence-electron chi connectivity index (χ3n) is 5.84. The van der Waals surface area contributed by atoms with Crippen LogP contribution in [-0.4, -0.2) is 27.1 Å². The van der Waals surface area contributed by atoms with Gasteiger partial charge in [0.1, 0.15) is 0 Å². The molecular formula is C25H26N2O3S. The molecule has 1 aliphatic heterocycles. The lowest BCUT2D eigenvalue weighted by Crippen LogP contribution is -2.30. The Kier molecular flexibility index (Phi) is 5.58. The molecule has 4 rings (SSSR count). The number of carbonyl (C=O) groups is 1. The van der Waals surface area contributed by atoms with Crippen LogP contribution < -0.4 is 9.21 Å². The number of aryl methyl sites for hydroxylation is 2. The number of rotatable bonds is 5. The van der Waals surface area contributed by atoms with E-state index >= 15 is 0 Å². The van der Waals surface area contributed by atoms with Crippen molar-refractivity contribution in [2.75, 3.05) is 22.0 Å². The van der Waals surface area contributed by atoms with Crippen LogP contribution in [0.15, 0.2) is 66.7 Å². The van der Waals surface area contributed by atoms with Crippen LogP contribution in [-0.2, 0) is 23.0 Å². The largest absolute Gasteiger partial charge is 0.308 e. The van der Waals surface area contributed by atoms with Crippen molar-refractivity contribution in [3.63, 3.8) is 0 Å². The van der Waals surface area contributed by atoms with Gasteiger partial charge in [-0.15, -0.1) is 0 Å². The molecule has 5 nitrogen and oxygen atoms in total. The summed E-state index contributed by atoms with van der Waals surface area (Å²) in [6.07, 6.45) is 2.07. The molecule has 0 unspecified atom stereocenters. The fraction of sp³-hybridized carbons (Fsp3) is 0.240. The minimum Gasteiger partial charge on any atom is -0.308 e. The first-order valence-corrected chi connectivity index (χ1v) is 12.1. The number of benzene rings is 3. The van der Waals surface area contributed by atoms with Gasteiger partial charge in [0, 0.05) is 17.8 Å². The topological polar surface area (TPSA) is 57.7 Å². The van der Waals surface area contributed by atoms with Crippen molar-refractivity contribution < 1.29 is 13.2 Å². The molecule has 31 heavy (non-hydrogen) atoms. The number of fused-ring (bicyclic) bond motifs is 1. The Morgan fingerprint density at radius 2 is 1.68 bits per heavy atom. The SMILES string of the molecule is Cc1ccc(N(Cc2ccc(C(=O)N3CCc4ccccc43)cc2)S(C)(=O)=O)cc1C. The van der Waals surface area contributed by atoms with Gasteiger partial charge in [-0.25, -0.2) is 8.42 Å². The average Bonchev–Trinajstić information content (AvgIpc) is 3.17. The lowest BCUT2D eigenvalue weighted by molar-refractivity contribution is 0.0989.